The zero-order valence-corrected chi connectivity index (χ0v) is 18.3. The molecular formula is C24H28ClN5. The molecule has 0 spiro atoms. The third-order valence-corrected chi connectivity index (χ3v) is 6.88. The van der Waals surface area contributed by atoms with Crippen LogP contribution in [-0.2, 0) is 6.54 Å². The lowest BCUT2D eigenvalue weighted by atomic mass is 9.97. The molecule has 0 radical (unpaired) electrons. The molecule has 5 rings (SSSR count). The molecule has 6 heteroatoms. The van der Waals surface area contributed by atoms with E-state index in [0.29, 0.717) is 5.02 Å². The van der Waals surface area contributed by atoms with Gasteiger partial charge in [0.2, 0.25) is 0 Å². The summed E-state index contributed by atoms with van der Waals surface area (Å²) in [5.74, 6) is 0. The first-order valence-electron chi connectivity index (χ1n) is 10.7. The Morgan fingerprint density at radius 1 is 1.20 bits per heavy atom. The van der Waals surface area contributed by atoms with E-state index in [1.807, 2.05) is 30.5 Å². The van der Waals surface area contributed by atoms with E-state index in [2.05, 4.69) is 57.4 Å². The van der Waals surface area contributed by atoms with Gasteiger partial charge in [0.05, 0.1) is 16.7 Å². The molecule has 0 bridgehead atoms. The van der Waals surface area contributed by atoms with Crippen molar-refractivity contribution in [3.8, 4) is 0 Å². The maximum absolute atomic E-state index is 6.13. The van der Waals surface area contributed by atoms with Crippen LogP contribution in [0.3, 0.4) is 0 Å². The van der Waals surface area contributed by atoms with Crippen molar-refractivity contribution in [2.24, 2.45) is 0 Å². The average molecular weight is 422 g/mol. The van der Waals surface area contributed by atoms with Gasteiger partial charge in [-0.25, -0.2) is 0 Å². The van der Waals surface area contributed by atoms with Gasteiger partial charge in [-0.15, -0.1) is 0 Å². The van der Waals surface area contributed by atoms with Crippen LogP contribution in [0.15, 0.2) is 48.7 Å². The fraction of sp³-hybridized carbons (Fsp3) is 0.375. The quantitative estimate of drug-likeness (QED) is 0.567. The Balaban J connectivity index is 1.33. The highest BCUT2D eigenvalue weighted by atomic mass is 35.5. The zero-order valence-electron chi connectivity index (χ0n) is 17.6. The van der Waals surface area contributed by atoms with Crippen molar-refractivity contribution >= 4 is 28.2 Å². The minimum absolute atomic E-state index is 0.237. The van der Waals surface area contributed by atoms with Crippen LogP contribution in [0.1, 0.15) is 29.8 Å². The van der Waals surface area contributed by atoms with E-state index in [1.54, 1.807) is 0 Å². The monoisotopic (exact) mass is 421 g/mol. The molecule has 0 aliphatic carbocycles. The second-order valence-electron chi connectivity index (χ2n) is 8.52. The van der Waals surface area contributed by atoms with Gasteiger partial charge in [0, 0.05) is 47.6 Å². The number of halogens is 1. The number of pyridine rings is 1. The Morgan fingerprint density at radius 3 is 3.00 bits per heavy atom. The number of hydrogen-bond acceptors (Lipinski definition) is 4. The summed E-state index contributed by atoms with van der Waals surface area (Å²) < 4.78 is 2.16. The summed E-state index contributed by atoms with van der Waals surface area (Å²) in [5, 5.41) is 5.49. The normalized spacial score (nSPS) is 20.9. The Morgan fingerprint density at radius 2 is 2.10 bits per heavy atom. The van der Waals surface area contributed by atoms with E-state index in [4.69, 9.17) is 11.6 Å². The lowest BCUT2D eigenvalue weighted by Gasteiger charge is -2.31. The first-order valence-corrected chi connectivity index (χ1v) is 11.1. The number of fused-ring (bicyclic) bond motifs is 2. The van der Waals surface area contributed by atoms with Gasteiger partial charge >= 0.3 is 0 Å². The summed E-state index contributed by atoms with van der Waals surface area (Å²) in [6, 6.07) is 10.1. The molecule has 3 aromatic rings. The van der Waals surface area contributed by atoms with Gasteiger partial charge in [-0.1, -0.05) is 23.8 Å². The Labute approximate surface area is 182 Å². The van der Waals surface area contributed by atoms with Crippen molar-refractivity contribution in [2.45, 2.75) is 38.8 Å². The van der Waals surface area contributed by atoms with Crippen LogP contribution in [0.4, 0.5) is 5.69 Å². The van der Waals surface area contributed by atoms with Crippen LogP contribution < -0.4 is 10.7 Å². The van der Waals surface area contributed by atoms with Crippen LogP contribution in [0.2, 0.25) is 5.02 Å². The van der Waals surface area contributed by atoms with E-state index in [-0.39, 0.29) is 5.54 Å². The number of benzene rings is 1. The molecular weight excluding hydrogens is 394 g/mol. The van der Waals surface area contributed by atoms with Crippen molar-refractivity contribution in [3.05, 3.63) is 70.7 Å². The Bertz CT molecular complexity index is 1120. The summed E-state index contributed by atoms with van der Waals surface area (Å²) >= 11 is 6.13. The minimum Gasteiger partial charge on any atom is -0.310 e. The highest BCUT2D eigenvalue weighted by Crippen LogP contribution is 2.34. The second kappa shape index (κ2) is 7.73. The molecule has 1 fully saturated rings. The standard InChI is InChI=1S/C24H28ClN5/c1-17-13-19(15-26-16-24-8-3-11-29(24)12-4-9-24)18(2)30(17)28-22-7-10-27-23-14-20(25)5-6-21(22)23/h3,5-8,10,13-14,26H,4,9,11-12,15-16H2,1-2H3,(H,27,28). The van der Waals surface area contributed by atoms with Crippen LogP contribution in [-0.4, -0.2) is 39.7 Å². The molecule has 4 heterocycles. The lowest BCUT2D eigenvalue weighted by Crippen LogP contribution is -2.46. The highest BCUT2D eigenvalue weighted by Gasteiger charge is 2.40. The molecule has 2 aromatic heterocycles. The minimum atomic E-state index is 0.237. The smallest absolute Gasteiger partial charge is 0.0738 e. The van der Waals surface area contributed by atoms with Crippen LogP contribution in [0, 0.1) is 13.8 Å². The first-order chi connectivity index (χ1) is 14.6. The number of aryl methyl sites for hydroxylation is 1. The summed E-state index contributed by atoms with van der Waals surface area (Å²) in [6.07, 6.45) is 9.12. The van der Waals surface area contributed by atoms with E-state index in [0.717, 1.165) is 36.2 Å². The number of aromatic nitrogens is 2. The van der Waals surface area contributed by atoms with Crippen LogP contribution >= 0.6 is 11.6 Å². The molecule has 2 N–H and O–H groups in total. The number of nitrogens with zero attached hydrogens (tertiary/aromatic N) is 3. The van der Waals surface area contributed by atoms with Gasteiger partial charge in [0.25, 0.3) is 0 Å². The van der Waals surface area contributed by atoms with Gasteiger partial charge < -0.3 is 5.32 Å². The van der Waals surface area contributed by atoms with Gasteiger partial charge in [-0.05, 0) is 69.1 Å². The van der Waals surface area contributed by atoms with Crippen molar-refractivity contribution in [3.63, 3.8) is 0 Å². The van der Waals surface area contributed by atoms with Crippen molar-refractivity contribution in [2.75, 3.05) is 25.1 Å². The first kappa shape index (κ1) is 19.6. The van der Waals surface area contributed by atoms with Gasteiger partial charge in [0.1, 0.15) is 0 Å². The van der Waals surface area contributed by atoms with Crippen molar-refractivity contribution in [1.29, 1.82) is 0 Å². The summed E-state index contributed by atoms with van der Waals surface area (Å²) in [5.41, 5.74) is 9.46. The number of rotatable bonds is 6. The van der Waals surface area contributed by atoms with E-state index in [9.17, 15) is 0 Å². The van der Waals surface area contributed by atoms with E-state index >= 15 is 0 Å². The fourth-order valence-corrected chi connectivity index (χ4v) is 5.18. The Kier molecular flexibility index (Phi) is 5.05. The topological polar surface area (TPSA) is 45.1 Å². The van der Waals surface area contributed by atoms with Gasteiger partial charge in [-0.2, -0.15) is 0 Å². The molecule has 156 valence electrons. The predicted molar refractivity (Wildman–Crippen MR) is 124 cm³/mol. The molecule has 2 aliphatic rings. The molecule has 1 unspecified atom stereocenters. The third-order valence-electron chi connectivity index (χ3n) is 6.64. The summed E-state index contributed by atoms with van der Waals surface area (Å²) in [7, 11) is 0. The molecule has 30 heavy (non-hydrogen) atoms. The SMILES string of the molecule is Cc1cc(CNCC23C=CCN2CCC3)c(C)n1Nc1ccnc2cc(Cl)ccc12. The van der Waals surface area contributed by atoms with Crippen molar-refractivity contribution < 1.29 is 0 Å². The maximum Gasteiger partial charge on any atom is 0.0738 e. The average Bonchev–Trinajstić information content (AvgIpc) is 3.37. The molecule has 1 saturated heterocycles. The second-order valence-corrected chi connectivity index (χ2v) is 8.96. The molecule has 0 saturated carbocycles. The molecule has 0 amide bonds. The van der Waals surface area contributed by atoms with Crippen molar-refractivity contribution in [1.82, 2.24) is 19.9 Å². The van der Waals surface area contributed by atoms with Gasteiger partial charge in [-0.3, -0.25) is 20.0 Å². The molecule has 5 nitrogen and oxygen atoms in total. The third kappa shape index (κ3) is 3.41. The molecule has 1 atom stereocenters. The lowest BCUT2D eigenvalue weighted by molar-refractivity contribution is 0.218. The Hall–Kier alpha value is -2.34. The van der Waals surface area contributed by atoms with Crippen LogP contribution in [0.5, 0.6) is 0 Å². The number of nitrogens with one attached hydrogen (secondary N) is 2. The number of anilines is 1. The largest absolute Gasteiger partial charge is 0.310 e. The fourth-order valence-electron chi connectivity index (χ4n) is 5.01. The van der Waals surface area contributed by atoms with E-state index < -0.39 is 0 Å². The predicted octanol–water partition coefficient (Wildman–Crippen LogP) is 4.68. The summed E-state index contributed by atoms with van der Waals surface area (Å²) in [4.78, 5) is 7.05. The zero-order chi connectivity index (χ0) is 20.7. The number of hydrogen-bond donors (Lipinski definition) is 2. The summed E-state index contributed by atoms with van der Waals surface area (Å²) in [6.45, 7) is 8.52. The van der Waals surface area contributed by atoms with E-state index in [1.165, 1.54) is 36.3 Å². The molecule has 2 aliphatic heterocycles. The van der Waals surface area contributed by atoms with Gasteiger partial charge in [0.15, 0.2) is 0 Å². The molecule has 1 aromatic carbocycles. The maximum atomic E-state index is 6.13. The van der Waals surface area contributed by atoms with Crippen LogP contribution in [0.25, 0.3) is 10.9 Å². The highest BCUT2D eigenvalue weighted by molar-refractivity contribution is 6.31.